The van der Waals surface area contributed by atoms with E-state index < -0.39 is 47.6 Å². The Kier molecular flexibility index (Phi) is 5.91. The number of nitrogens with zero attached hydrogens (tertiary/aromatic N) is 4. The average Bonchev–Trinajstić information content (AvgIpc) is 3.32. The Bertz CT molecular complexity index is 1270. The van der Waals surface area contributed by atoms with Crippen LogP contribution in [0.3, 0.4) is 0 Å². The molecule has 0 aliphatic carbocycles. The van der Waals surface area contributed by atoms with E-state index in [0.717, 1.165) is 17.0 Å². The summed E-state index contributed by atoms with van der Waals surface area (Å²) in [4.78, 5) is 22.5. The first-order valence-corrected chi connectivity index (χ1v) is 10.5. The van der Waals surface area contributed by atoms with Crippen molar-refractivity contribution in [3.8, 4) is 5.69 Å². The van der Waals surface area contributed by atoms with Crippen LogP contribution in [-0.4, -0.2) is 42.9 Å². The molecule has 2 aromatic heterocycles. The fourth-order valence-corrected chi connectivity index (χ4v) is 4.30. The summed E-state index contributed by atoms with van der Waals surface area (Å²) < 4.78 is 55.5. The maximum absolute atomic E-state index is 13.7. The third kappa shape index (κ3) is 3.83. The van der Waals surface area contributed by atoms with Crippen LogP contribution in [-0.2, 0) is 11.0 Å². The van der Waals surface area contributed by atoms with Crippen LogP contribution in [0.4, 0.5) is 23.4 Å². The molecule has 0 saturated carbocycles. The van der Waals surface area contributed by atoms with Crippen molar-refractivity contribution < 1.29 is 32.6 Å². The van der Waals surface area contributed by atoms with Crippen molar-refractivity contribution in [2.24, 2.45) is 5.92 Å². The van der Waals surface area contributed by atoms with Gasteiger partial charge in [-0.15, -0.1) is 0 Å². The average molecular weight is 499 g/mol. The van der Waals surface area contributed by atoms with Crippen molar-refractivity contribution in [3.05, 3.63) is 70.6 Å². The largest absolute Gasteiger partial charge is 0.416 e. The van der Waals surface area contributed by atoms with Crippen molar-refractivity contribution in [1.82, 2.24) is 14.5 Å². The zero-order chi connectivity index (χ0) is 25.0. The minimum atomic E-state index is -4.71. The number of aliphatic hydroxyl groups is 2. The third-order valence-electron chi connectivity index (χ3n) is 5.95. The minimum absolute atomic E-state index is 0.00266. The second-order valence-electron chi connectivity index (χ2n) is 8.09. The van der Waals surface area contributed by atoms with Gasteiger partial charge in [-0.3, -0.25) is 9.69 Å². The summed E-state index contributed by atoms with van der Waals surface area (Å²) in [5, 5.41) is 21.3. The monoisotopic (exact) mass is 498 g/mol. The maximum atomic E-state index is 13.7. The van der Waals surface area contributed by atoms with Crippen LogP contribution < -0.4 is 4.90 Å². The number of amides is 1. The number of carbonyl (C=O) groups excluding carboxylic acids is 1. The first-order chi connectivity index (χ1) is 15.9. The highest BCUT2D eigenvalue weighted by atomic mass is 35.5. The number of anilines is 1. The molecule has 180 valence electrons. The zero-order valence-electron chi connectivity index (χ0n) is 17.9. The molecule has 34 heavy (non-hydrogen) atoms. The van der Waals surface area contributed by atoms with Gasteiger partial charge in [0.1, 0.15) is 29.1 Å². The number of alkyl halides is 3. The molecule has 1 aliphatic rings. The summed E-state index contributed by atoms with van der Waals surface area (Å²) in [5.74, 6) is -2.98. The van der Waals surface area contributed by atoms with Gasteiger partial charge in [0.05, 0.1) is 23.1 Å². The van der Waals surface area contributed by atoms with E-state index in [0.29, 0.717) is 11.8 Å². The van der Waals surface area contributed by atoms with Crippen LogP contribution in [0.5, 0.6) is 0 Å². The van der Waals surface area contributed by atoms with Gasteiger partial charge < -0.3 is 14.8 Å². The summed E-state index contributed by atoms with van der Waals surface area (Å²) >= 11 is 5.90. The third-order valence-corrected chi connectivity index (χ3v) is 6.24. The van der Waals surface area contributed by atoms with Gasteiger partial charge in [-0.05, 0) is 37.3 Å². The van der Waals surface area contributed by atoms with Crippen molar-refractivity contribution in [1.29, 1.82) is 0 Å². The van der Waals surface area contributed by atoms with E-state index in [1.807, 2.05) is 0 Å². The Hall–Kier alpha value is -3.02. The molecule has 1 saturated heterocycles. The number of pyridine rings is 1. The van der Waals surface area contributed by atoms with Crippen LogP contribution >= 0.6 is 11.6 Å². The summed E-state index contributed by atoms with van der Waals surface area (Å²) in [6, 6.07) is 3.89. The Morgan fingerprint density at radius 1 is 1.24 bits per heavy atom. The Morgan fingerprint density at radius 2 is 1.94 bits per heavy atom. The van der Waals surface area contributed by atoms with Crippen molar-refractivity contribution in [2.45, 2.75) is 31.7 Å². The lowest BCUT2D eigenvalue weighted by molar-refractivity contribution is -0.137. The number of carbonyl (C=O) groups is 1. The fraction of sp³-hybridized carbons (Fsp3) is 0.318. The number of aliphatic hydroxyl groups excluding tert-OH is 1. The lowest BCUT2D eigenvalue weighted by Gasteiger charge is -2.33. The van der Waals surface area contributed by atoms with Gasteiger partial charge >= 0.3 is 6.18 Å². The SMILES string of the molecule is Cc1cc(C(F)(F)F)cc(N2C(=O)[C@@H](C)[C@](O)(CO)[C@H]2c2nccn2-c2ccc(F)c(Cl)c2)n1. The number of rotatable bonds is 4. The molecule has 0 bridgehead atoms. The molecule has 4 rings (SSSR count). The molecule has 3 atom stereocenters. The van der Waals surface area contributed by atoms with E-state index in [9.17, 15) is 32.6 Å². The molecule has 2 N–H and O–H groups in total. The van der Waals surface area contributed by atoms with Gasteiger partial charge in [-0.25, -0.2) is 14.4 Å². The minimum Gasteiger partial charge on any atom is -0.393 e. The highest BCUT2D eigenvalue weighted by Crippen LogP contribution is 2.47. The molecule has 1 aliphatic heterocycles. The summed E-state index contributed by atoms with van der Waals surface area (Å²) in [6.45, 7) is 1.81. The van der Waals surface area contributed by atoms with Crippen LogP contribution in [0, 0.1) is 18.7 Å². The van der Waals surface area contributed by atoms with Crippen LogP contribution in [0.15, 0.2) is 42.7 Å². The number of halogens is 5. The van der Waals surface area contributed by atoms with Crippen LogP contribution in [0.1, 0.15) is 30.0 Å². The highest BCUT2D eigenvalue weighted by Gasteiger charge is 2.59. The normalized spacial score (nSPS) is 23.1. The summed E-state index contributed by atoms with van der Waals surface area (Å²) in [5.41, 5.74) is -2.83. The Morgan fingerprint density at radius 3 is 2.56 bits per heavy atom. The first kappa shape index (κ1) is 24.1. The number of imidazole rings is 1. The van der Waals surface area contributed by atoms with Gasteiger partial charge in [0.2, 0.25) is 5.91 Å². The van der Waals surface area contributed by atoms with Crippen LogP contribution in [0.25, 0.3) is 5.69 Å². The molecule has 0 spiro atoms. The molecule has 1 amide bonds. The van der Waals surface area contributed by atoms with E-state index in [1.54, 1.807) is 0 Å². The van der Waals surface area contributed by atoms with E-state index in [4.69, 9.17) is 11.6 Å². The summed E-state index contributed by atoms with van der Waals surface area (Å²) in [7, 11) is 0. The Labute approximate surface area is 196 Å². The number of aromatic nitrogens is 3. The van der Waals surface area contributed by atoms with Gasteiger partial charge in [0.25, 0.3) is 0 Å². The number of aryl methyl sites for hydroxylation is 1. The number of hydrogen-bond acceptors (Lipinski definition) is 5. The number of benzene rings is 1. The lowest BCUT2D eigenvalue weighted by atomic mass is 9.86. The topological polar surface area (TPSA) is 91.5 Å². The molecular formula is C22H19ClF4N4O3. The molecule has 7 nitrogen and oxygen atoms in total. The predicted octanol–water partition coefficient (Wildman–Crippen LogP) is 3.83. The van der Waals surface area contributed by atoms with E-state index >= 15 is 0 Å². The van der Waals surface area contributed by atoms with E-state index in [1.165, 1.54) is 42.9 Å². The Balaban J connectivity index is 1.93. The first-order valence-electron chi connectivity index (χ1n) is 10.1. The molecule has 3 aromatic rings. The molecule has 12 heteroatoms. The zero-order valence-corrected chi connectivity index (χ0v) is 18.6. The second-order valence-corrected chi connectivity index (χ2v) is 8.50. The predicted molar refractivity (Wildman–Crippen MR) is 114 cm³/mol. The molecule has 1 aromatic carbocycles. The van der Waals surface area contributed by atoms with Gasteiger partial charge in [-0.1, -0.05) is 18.5 Å². The fourth-order valence-electron chi connectivity index (χ4n) is 4.13. The van der Waals surface area contributed by atoms with E-state index in [-0.39, 0.29) is 22.4 Å². The van der Waals surface area contributed by atoms with Crippen LogP contribution in [0.2, 0.25) is 5.02 Å². The number of hydrogen-bond donors (Lipinski definition) is 2. The van der Waals surface area contributed by atoms with Crippen molar-refractivity contribution >= 4 is 23.3 Å². The second kappa shape index (κ2) is 8.33. The van der Waals surface area contributed by atoms with Crippen molar-refractivity contribution in [2.75, 3.05) is 11.5 Å². The maximum Gasteiger partial charge on any atom is 0.416 e. The van der Waals surface area contributed by atoms with Gasteiger partial charge in [0.15, 0.2) is 0 Å². The molecule has 1 fully saturated rings. The molecule has 0 unspecified atom stereocenters. The lowest BCUT2D eigenvalue weighted by Crippen LogP contribution is -2.45. The van der Waals surface area contributed by atoms with Crippen molar-refractivity contribution in [3.63, 3.8) is 0 Å². The quantitative estimate of drug-likeness (QED) is 0.533. The smallest absolute Gasteiger partial charge is 0.393 e. The molecule has 0 radical (unpaired) electrons. The van der Waals surface area contributed by atoms with Gasteiger partial charge in [0, 0.05) is 23.8 Å². The molecule has 3 heterocycles. The highest BCUT2D eigenvalue weighted by molar-refractivity contribution is 6.30. The van der Waals surface area contributed by atoms with Gasteiger partial charge in [-0.2, -0.15) is 13.2 Å². The standard InChI is InChI=1S/C22H19ClF4N4O3/c1-11-7-13(22(25,26)27)8-17(29-11)31-18(21(34,10-32)12(2)20(31)33)19-28-5-6-30(19)14-3-4-16(24)15(23)9-14/h3-9,12,18,32,34H,10H2,1-2H3/t12-,18-,21-/m1/s1. The molecular weight excluding hydrogens is 480 g/mol. The summed E-state index contributed by atoms with van der Waals surface area (Å²) in [6.07, 6.45) is -1.92. The van der Waals surface area contributed by atoms with E-state index in [2.05, 4.69) is 9.97 Å².